The zero-order valence-corrected chi connectivity index (χ0v) is 16.7. The lowest BCUT2D eigenvalue weighted by Crippen LogP contribution is -2.30. The molecule has 1 aromatic heterocycles. The van der Waals surface area contributed by atoms with E-state index in [0.29, 0.717) is 17.2 Å². The quantitative estimate of drug-likeness (QED) is 0.479. The summed E-state index contributed by atoms with van der Waals surface area (Å²) in [7, 11) is 1.55. The number of urea groups is 1. The number of benzene rings is 2. The third-order valence-electron chi connectivity index (χ3n) is 4.10. The summed E-state index contributed by atoms with van der Waals surface area (Å²) in [5.41, 5.74) is 0.586. The zero-order chi connectivity index (χ0) is 22.1. The van der Waals surface area contributed by atoms with Gasteiger partial charge in [-0.2, -0.15) is 0 Å². The van der Waals surface area contributed by atoms with Gasteiger partial charge in [-0.25, -0.2) is 14.2 Å². The highest BCUT2D eigenvalue weighted by Crippen LogP contribution is 2.25. The Kier molecular flexibility index (Phi) is 7.36. The topological polar surface area (TPSA) is 102 Å². The highest BCUT2D eigenvalue weighted by atomic mass is 19.1. The van der Waals surface area contributed by atoms with Crippen molar-refractivity contribution in [2.45, 2.75) is 0 Å². The maximum Gasteiger partial charge on any atom is 0.324 e. The zero-order valence-electron chi connectivity index (χ0n) is 16.7. The van der Waals surface area contributed by atoms with Gasteiger partial charge in [0, 0.05) is 11.9 Å². The van der Waals surface area contributed by atoms with Crippen molar-refractivity contribution in [1.29, 1.82) is 0 Å². The van der Waals surface area contributed by atoms with E-state index >= 15 is 0 Å². The molecule has 3 N–H and O–H groups in total. The van der Waals surface area contributed by atoms with Crippen LogP contribution in [-0.2, 0) is 0 Å². The van der Waals surface area contributed by atoms with E-state index in [-0.39, 0.29) is 24.5 Å². The van der Waals surface area contributed by atoms with Crippen molar-refractivity contribution in [2.75, 3.05) is 30.9 Å². The van der Waals surface area contributed by atoms with Crippen LogP contribution in [-0.4, -0.2) is 37.2 Å². The monoisotopic (exact) mass is 424 g/mol. The molecular formula is C22H21FN4O4. The lowest BCUT2D eigenvalue weighted by Gasteiger charge is -2.12. The first kappa shape index (κ1) is 21.6. The highest BCUT2D eigenvalue weighted by molar-refractivity contribution is 6.05. The Morgan fingerprint density at radius 3 is 2.45 bits per heavy atom. The van der Waals surface area contributed by atoms with Gasteiger partial charge in [-0.05, 0) is 48.5 Å². The first-order valence-electron chi connectivity index (χ1n) is 9.39. The number of halogens is 1. The summed E-state index contributed by atoms with van der Waals surface area (Å²) in [6, 6.07) is 15.0. The highest BCUT2D eigenvalue weighted by Gasteiger charge is 2.14. The summed E-state index contributed by atoms with van der Waals surface area (Å²) in [6.07, 6.45) is 1.45. The fourth-order valence-corrected chi connectivity index (χ4v) is 2.65. The minimum atomic E-state index is -0.612. The van der Waals surface area contributed by atoms with Crippen molar-refractivity contribution in [3.8, 4) is 11.5 Å². The van der Waals surface area contributed by atoms with Crippen molar-refractivity contribution >= 4 is 23.4 Å². The van der Waals surface area contributed by atoms with Crippen LogP contribution >= 0.6 is 0 Å². The van der Waals surface area contributed by atoms with Gasteiger partial charge in [-0.15, -0.1) is 0 Å². The Hall–Kier alpha value is -4.14. The van der Waals surface area contributed by atoms with Crippen LogP contribution in [0.5, 0.6) is 11.5 Å². The van der Waals surface area contributed by atoms with Gasteiger partial charge in [-0.3, -0.25) is 10.1 Å². The van der Waals surface area contributed by atoms with Crippen LogP contribution in [0, 0.1) is 5.82 Å². The van der Waals surface area contributed by atoms with Gasteiger partial charge in [0.05, 0.1) is 19.2 Å². The maximum atomic E-state index is 13.0. The third kappa shape index (κ3) is 6.17. The number of nitrogens with one attached hydrogen (secondary N) is 3. The predicted octanol–water partition coefficient (Wildman–Crippen LogP) is 3.68. The van der Waals surface area contributed by atoms with Gasteiger partial charge in [0.25, 0.3) is 5.91 Å². The Balaban J connectivity index is 1.54. The molecule has 160 valence electrons. The molecule has 0 unspecified atom stereocenters. The van der Waals surface area contributed by atoms with Gasteiger partial charge in [0.2, 0.25) is 0 Å². The standard InChI is InChI=1S/C22H21FN4O4/c1-30-18-6-2-3-7-19(18)31-14-13-25-21(28)17-5-4-12-24-20(17)27-22(29)26-16-10-8-15(23)9-11-16/h2-12H,13-14H2,1H3,(H,25,28)(H2,24,26,27,29). The molecule has 0 atom stereocenters. The summed E-state index contributed by atoms with van der Waals surface area (Å²) in [4.78, 5) is 28.8. The van der Waals surface area contributed by atoms with Crippen molar-refractivity contribution in [1.82, 2.24) is 10.3 Å². The van der Waals surface area contributed by atoms with Crippen LogP contribution in [0.4, 0.5) is 20.7 Å². The normalized spacial score (nSPS) is 10.1. The second kappa shape index (κ2) is 10.6. The number of carbonyl (C=O) groups excluding carboxylic acids is 2. The van der Waals surface area contributed by atoms with Crippen LogP contribution in [0.15, 0.2) is 66.9 Å². The number of aromatic nitrogens is 1. The molecule has 9 heteroatoms. The van der Waals surface area contributed by atoms with Crippen LogP contribution in [0.2, 0.25) is 0 Å². The van der Waals surface area contributed by atoms with Gasteiger partial charge in [0.15, 0.2) is 11.5 Å². The Morgan fingerprint density at radius 2 is 1.71 bits per heavy atom. The summed E-state index contributed by atoms with van der Waals surface area (Å²) in [5.74, 6) is 0.420. The second-order valence-corrected chi connectivity index (χ2v) is 6.24. The molecule has 0 aliphatic carbocycles. The molecule has 1 heterocycles. The molecule has 0 radical (unpaired) electrons. The molecule has 0 bridgehead atoms. The fourth-order valence-electron chi connectivity index (χ4n) is 2.65. The van der Waals surface area contributed by atoms with E-state index in [1.165, 1.54) is 36.5 Å². The number of methoxy groups -OCH3 is 1. The van der Waals surface area contributed by atoms with Gasteiger partial charge in [0.1, 0.15) is 18.2 Å². The molecule has 3 rings (SSSR count). The van der Waals surface area contributed by atoms with E-state index in [1.54, 1.807) is 25.3 Å². The van der Waals surface area contributed by atoms with E-state index in [4.69, 9.17) is 9.47 Å². The molecule has 3 aromatic rings. The van der Waals surface area contributed by atoms with E-state index in [0.717, 1.165) is 0 Å². The predicted molar refractivity (Wildman–Crippen MR) is 114 cm³/mol. The van der Waals surface area contributed by atoms with Gasteiger partial charge in [-0.1, -0.05) is 12.1 Å². The van der Waals surface area contributed by atoms with E-state index < -0.39 is 17.8 Å². The van der Waals surface area contributed by atoms with Crippen LogP contribution in [0.1, 0.15) is 10.4 Å². The number of carbonyl (C=O) groups is 2. The minimum Gasteiger partial charge on any atom is -0.493 e. The van der Waals surface area contributed by atoms with Crippen molar-refractivity contribution in [2.24, 2.45) is 0 Å². The smallest absolute Gasteiger partial charge is 0.324 e. The first-order chi connectivity index (χ1) is 15.1. The number of ether oxygens (including phenoxy) is 2. The fraction of sp³-hybridized carbons (Fsp3) is 0.136. The summed E-state index contributed by atoms with van der Waals surface area (Å²) < 4.78 is 23.8. The van der Waals surface area contributed by atoms with E-state index in [9.17, 15) is 14.0 Å². The Morgan fingerprint density at radius 1 is 0.968 bits per heavy atom. The number of para-hydroxylation sites is 2. The molecule has 0 saturated heterocycles. The number of anilines is 2. The molecule has 0 spiro atoms. The van der Waals surface area contributed by atoms with Crippen LogP contribution < -0.4 is 25.4 Å². The van der Waals surface area contributed by atoms with Crippen LogP contribution in [0.25, 0.3) is 0 Å². The number of hydrogen-bond acceptors (Lipinski definition) is 5. The SMILES string of the molecule is COc1ccccc1OCCNC(=O)c1cccnc1NC(=O)Nc1ccc(F)cc1. The first-order valence-corrected chi connectivity index (χ1v) is 9.39. The van der Waals surface area contributed by atoms with Gasteiger partial charge >= 0.3 is 6.03 Å². The summed E-state index contributed by atoms with van der Waals surface area (Å²) in [5, 5.41) is 7.79. The number of amides is 3. The molecule has 0 aliphatic rings. The molecule has 0 saturated carbocycles. The second-order valence-electron chi connectivity index (χ2n) is 6.24. The van der Waals surface area contributed by atoms with Crippen molar-refractivity contribution in [3.05, 3.63) is 78.2 Å². The van der Waals surface area contributed by atoms with E-state index in [2.05, 4.69) is 20.9 Å². The average Bonchev–Trinajstić information content (AvgIpc) is 2.78. The largest absolute Gasteiger partial charge is 0.493 e. The van der Waals surface area contributed by atoms with Crippen molar-refractivity contribution < 1.29 is 23.5 Å². The third-order valence-corrected chi connectivity index (χ3v) is 4.10. The summed E-state index contributed by atoms with van der Waals surface area (Å²) >= 11 is 0. The average molecular weight is 424 g/mol. The number of nitrogens with zero attached hydrogens (tertiary/aromatic N) is 1. The number of pyridine rings is 1. The van der Waals surface area contributed by atoms with E-state index in [1.807, 2.05) is 12.1 Å². The molecule has 8 nitrogen and oxygen atoms in total. The number of rotatable bonds is 8. The van der Waals surface area contributed by atoms with Crippen molar-refractivity contribution in [3.63, 3.8) is 0 Å². The molecule has 31 heavy (non-hydrogen) atoms. The lowest BCUT2D eigenvalue weighted by atomic mass is 10.2. The lowest BCUT2D eigenvalue weighted by molar-refractivity contribution is 0.0947. The molecule has 3 amide bonds. The number of hydrogen-bond donors (Lipinski definition) is 3. The van der Waals surface area contributed by atoms with Gasteiger partial charge < -0.3 is 20.1 Å². The maximum absolute atomic E-state index is 13.0. The minimum absolute atomic E-state index is 0.0882. The molecule has 2 aromatic carbocycles. The Labute approximate surface area is 178 Å². The summed E-state index contributed by atoms with van der Waals surface area (Å²) in [6.45, 7) is 0.452. The molecule has 0 aliphatic heterocycles. The molecular weight excluding hydrogens is 403 g/mol. The Bertz CT molecular complexity index is 1040. The van der Waals surface area contributed by atoms with Crippen LogP contribution in [0.3, 0.4) is 0 Å². The molecule has 0 fully saturated rings.